The number of rotatable bonds is 5. The van der Waals surface area contributed by atoms with Crippen molar-refractivity contribution in [2.45, 2.75) is 51.0 Å². The van der Waals surface area contributed by atoms with E-state index in [1.807, 2.05) is 0 Å². The molecule has 1 aliphatic carbocycles. The van der Waals surface area contributed by atoms with Crippen LogP contribution in [0.25, 0.3) is 0 Å². The predicted octanol–water partition coefficient (Wildman–Crippen LogP) is 2.82. The van der Waals surface area contributed by atoms with E-state index in [-0.39, 0.29) is 40.6 Å². The Morgan fingerprint density at radius 3 is 2.62 bits per heavy atom. The van der Waals surface area contributed by atoms with E-state index in [0.717, 1.165) is 49.9 Å². The maximum Gasteiger partial charge on any atom is 0.286 e. The number of carbonyl (C=O) groups excluding carboxylic acids is 3. The summed E-state index contributed by atoms with van der Waals surface area (Å²) in [5.41, 5.74) is 0.528. The van der Waals surface area contributed by atoms with Crippen LogP contribution in [0.2, 0.25) is 0 Å². The number of carbonyl (C=O) groups is 3. The number of ether oxygens (including phenoxy) is 2. The molecule has 0 radical (unpaired) electrons. The van der Waals surface area contributed by atoms with Gasteiger partial charge in [0.05, 0.1) is 5.92 Å². The SMILES string of the molecule is O=C(Nc1ccc2c(c1)OCO2)c1nnc(C(=O)N2CCC[C@@H](C(=O)NC3CCCCC3)C2)s1. The molecule has 3 heterocycles. The Labute approximate surface area is 201 Å². The van der Waals surface area contributed by atoms with Gasteiger partial charge in [-0.15, -0.1) is 10.2 Å². The number of piperidine rings is 1. The number of likely N-dealkylation sites (tertiary alicyclic amines) is 1. The lowest BCUT2D eigenvalue weighted by Crippen LogP contribution is -2.47. The van der Waals surface area contributed by atoms with Crippen molar-refractivity contribution in [3.8, 4) is 11.5 Å². The molecule has 1 saturated heterocycles. The van der Waals surface area contributed by atoms with Crippen LogP contribution >= 0.6 is 11.3 Å². The van der Waals surface area contributed by atoms with Crippen molar-refractivity contribution < 1.29 is 23.9 Å². The number of benzene rings is 1. The van der Waals surface area contributed by atoms with Gasteiger partial charge in [-0.1, -0.05) is 30.6 Å². The van der Waals surface area contributed by atoms with Gasteiger partial charge in [-0.25, -0.2) is 0 Å². The van der Waals surface area contributed by atoms with Gasteiger partial charge in [-0.05, 0) is 37.8 Å². The summed E-state index contributed by atoms with van der Waals surface area (Å²) in [6.07, 6.45) is 7.12. The van der Waals surface area contributed by atoms with Gasteiger partial charge in [0.1, 0.15) is 0 Å². The number of anilines is 1. The molecule has 2 aromatic rings. The van der Waals surface area contributed by atoms with E-state index in [9.17, 15) is 14.4 Å². The normalized spacial score (nSPS) is 20.1. The lowest BCUT2D eigenvalue weighted by molar-refractivity contribution is -0.127. The topological polar surface area (TPSA) is 123 Å². The third kappa shape index (κ3) is 4.98. The monoisotopic (exact) mass is 485 g/mol. The molecule has 3 aliphatic rings. The first kappa shape index (κ1) is 22.6. The summed E-state index contributed by atoms with van der Waals surface area (Å²) in [6, 6.07) is 5.33. The van der Waals surface area contributed by atoms with Gasteiger partial charge in [0.15, 0.2) is 11.5 Å². The summed E-state index contributed by atoms with van der Waals surface area (Å²) < 4.78 is 10.6. The van der Waals surface area contributed by atoms with Crippen LogP contribution in [0.3, 0.4) is 0 Å². The third-order valence-electron chi connectivity index (χ3n) is 6.46. The van der Waals surface area contributed by atoms with Crippen LogP contribution in [0.1, 0.15) is 64.6 Å². The molecule has 34 heavy (non-hydrogen) atoms. The molecule has 11 heteroatoms. The molecule has 5 rings (SSSR count). The number of hydrogen-bond acceptors (Lipinski definition) is 8. The zero-order valence-electron chi connectivity index (χ0n) is 18.7. The molecule has 1 aromatic carbocycles. The molecule has 2 aliphatic heterocycles. The van der Waals surface area contributed by atoms with E-state index in [2.05, 4.69) is 20.8 Å². The summed E-state index contributed by atoms with van der Waals surface area (Å²) in [4.78, 5) is 40.0. The van der Waals surface area contributed by atoms with Crippen molar-refractivity contribution >= 4 is 34.7 Å². The van der Waals surface area contributed by atoms with Crippen LogP contribution in [-0.4, -0.2) is 58.7 Å². The highest BCUT2D eigenvalue weighted by atomic mass is 32.1. The Morgan fingerprint density at radius 1 is 0.971 bits per heavy atom. The van der Waals surface area contributed by atoms with Crippen LogP contribution < -0.4 is 20.1 Å². The highest BCUT2D eigenvalue weighted by molar-refractivity contribution is 7.15. The minimum atomic E-state index is -0.459. The molecule has 10 nitrogen and oxygen atoms in total. The zero-order valence-corrected chi connectivity index (χ0v) is 19.6. The van der Waals surface area contributed by atoms with E-state index in [4.69, 9.17) is 9.47 Å². The second-order valence-corrected chi connectivity index (χ2v) is 9.85. The minimum Gasteiger partial charge on any atom is -0.454 e. The van der Waals surface area contributed by atoms with Gasteiger partial charge in [0.25, 0.3) is 11.8 Å². The first-order valence-electron chi connectivity index (χ1n) is 11.7. The van der Waals surface area contributed by atoms with Crippen molar-refractivity contribution in [3.05, 3.63) is 28.2 Å². The molecule has 2 N–H and O–H groups in total. The Balaban J connectivity index is 1.18. The van der Waals surface area contributed by atoms with E-state index in [0.29, 0.717) is 30.3 Å². The molecule has 180 valence electrons. The molecule has 1 aromatic heterocycles. The Morgan fingerprint density at radius 2 is 1.76 bits per heavy atom. The minimum absolute atomic E-state index is 0.0328. The molecule has 1 saturated carbocycles. The lowest BCUT2D eigenvalue weighted by atomic mass is 9.93. The highest BCUT2D eigenvalue weighted by Crippen LogP contribution is 2.34. The fourth-order valence-corrected chi connectivity index (χ4v) is 5.34. The number of fused-ring (bicyclic) bond motifs is 1. The summed E-state index contributed by atoms with van der Waals surface area (Å²) in [5.74, 6) is 0.229. The first-order valence-corrected chi connectivity index (χ1v) is 12.5. The second kappa shape index (κ2) is 9.96. The smallest absolute Gasteiger partial charge is 0.286 e. The molecule has 0 bridgehead atoms. The van der Waals surface area contributed by atoms with Crippen LogP contribution in [0.4, 0.5) is 5.69 Å². The quantitative estimate of drug-likeness (QED) is 0.668. The zero-order chi connectivity index (χ0) is 23.5. The van der Waals surface area contributed by atoms with Gasteiger partial charge >= 0.3 is 0 Å². The Hall–Kier alpha value is -3.21. The van der Waals surface area contributed by atoms with E-state index >= 15 is 0 Å². The lowest BCUT2D eigenvalue weighted by Gasteiger charge is -2.33. The van der Waals surface area contributed by atoms with Crippen molar-refractivity contribution in [3.63, 3.8) is 0 Å². The summed E-state index contributed by atoms with van der Waals surface area (Å²) in [5, 5.41) is 14.0. The Bertz CT molecular complexity index is 1080. The van der Waals surface area contributed by atoms with Crippen molar-refractivity contribution in [2.24, 2.45) is 5.92 Å². The number of nitrogens with zero attached hydrogens (tertiary/aromatic N) is 3. The first-order chi connectivity index (χ1) is 16.6. The highest BCUT2D eigenvalue weighted by Gasteiger charge is 2.32. The van der Waals surface area contributed by atoms with Crippen LogP contribution in [0, 0.1) is 5.92 Å². The fourth-order valence-electron chi connectivity index (χ4n) is 4.64. The average Bonchev–Trinajstić information content (AvgIpc) is 3.54. The largest absolute Gasteiger partial charge is 0.454 e. The van der Waals surface area contributed by atoms with Crippen LogP contribution in [0.15, 0.2) is 18.2 Å². The van der Waals surface area contributed by atoms with E-state index in [1.54, 1.807) is 23.1 Å². The van der Waals surface area contributed by atoms with Crippen molar-refractivity contribution in [1.82, 2.24) is 20.4 Å². The van der Waals surface area contributed by atoms with E-state index in [1.165, 1.54) is 6.42 Å². The summed E-state index contributed by atoms with van der Waals surface area (Å²) in [7, 11) is 0. The van der Waals surface area contributed by atoms with Gasteiger partial charge in [0.2, 0.25) is 22.7 Å². The maximum atomic E-state index is 13.0. The molecule has 1 atom stereocenters. The van der Waals surface area contributed by atoms with Crippen molar-refractivity contribution in [2.75, 3.05) is 25.2 Å². The van der Waals surface area contributed by atoms with E-state index < -0.39 is 5.91 Å². The Kier molecular flexibility index (Phi) is 6.61. The number of hydrogen-bond donors (Lipinski definition) is 2. The van der Waals surface area contributed by atoms with Gasteiger partial charge in [-0.3, -0.25) is 14.4 Å². The third-order valence-corrected chi connectivity index (χ3v) is 7.37. The molecule has 0 spiro atoms. The molecule has 3 amide bonds. The van der Waals surface area contributed by atoms with Crippen molar-refractivity contribution in [1.29, 1.82) is 0 Å². The number of nitrogens with one attached hydrogen (secondary N) is 2. The molecule has 0 unspecified atom stereocenters. The number of aromatic nitrogens is 2. The maximum absolute atomic E-state index is 13.0. The fraction of sp³-hybridized carbons (Fsp3) is 0.522. The summed E-state index contributed by atoms with van der Waals surface area (Å²) in [6.45, 7) is 1.06. The van der Waals surface area contributed by atoms with Gasteiger partial charge in [-0.2, -0.15) is 0 Å². The second-order valence-electron chi connectivity index (χ2n) is 8.87. The standard InChI is InChI=1S/C23H27N5O5S/c29-19(24-15-6-2-1-3-7-15)14-5-4-10-28(12-14)23(31)22-27-26-21(34-22)20(30)25-16-8-9-17-18(11-16)33-13-32-17/h8-9,11,14-15H,1-7,10,12-13H2,(H,24,29)(H,25,30)/t14-/m1/s1. The molecule has 2 fully saturated rings. The van der Waals surface area contributed by atoms with Gasteiger partial charge in [0, 0.05) is 30.9 Å². The molecular formula is C23H27N5O5S. The van der Waals surface area contributed by atoms with Crippen LogP contribution in [-0.2, 0) is 4.79 Å². The van der Waals surface area contributed by atoms with Crippen LogP contribution in [0.5, 0.6) is 11.5 Å². The number of amides is 3. The van der Waals surface area contributed by atoms with Gasteiger partial charge < -0.3 is 25.0 Å². The molecular weight excluding hydrogens is 458 g/mol. The summed E-state index contributed by atoms with van der Waals surface area (Å²) >= 11 is 0.944. The average molecular weight is 486 g/mol. The predicted molar refractivity (Wildman–Crippen MR) is 124 cm³/mol.